The monoisotopic (exact) mass is 361 g/mol. The van der Waals surface area contributed by atoms with Crippen molar-refractivity contribution in [1.82, 2.24) is 5.32 Å². The Morgan fingerprint density at radius 2 is 1.79 bits per heavy atom. The molecule has 0 fully saturated rings. The molecule has 0 saturated carbocycles. The highest BCUT2D eigenvalue weighted by Crippen LogP contribution is 2.24. The maximum absolute atomic E-state index is 6.11. The van der Waals surface area contributed by atoms with Gasteiger partial charge in [0.15, 0.2) is 0 Å². The smallest absolute Gasteiger partial charge is 0.124 e. The molecule has 0 aliphatic heterocycles. The zero-order chi connectivity index (χ0) is 16.8. The summed E-state index contributed by atoms with van der Waals surface area (Å²) in [5.74, 6) is 1.68. The van der Waals surface area contributed by atoms with Crippen LogP contribution in [-0.2, 0) is 19.7 Å². The Balaban J connectivity index is 1.63. The van der Waals surface area contributed by atoms with E-state index in [-0.39, 0.29) is 0 Å². The second-order valence-corrected chi connectivity index (χ2v) is 6.23. The van der Waals surface area contributed by atoms with E-state index in [4.69, 9.17) is 32.4 Å². The molecule has 0 bridgehead atoms. The molecule has 0 amide bonds. The first-order valence-corrected chi connectivity index (χ1v) is 8.35. The van der Waals surface area contributed by atoms with Crippen LogP contribution in [0.3, 0.4) is 0 Å². The molecule has 5 heteroatoms. The zero-order valence-electron chi connectivity index (χ0n) is 13.0. The first-order valence-electron chi connectivity index (χ1n) is 7.59. The van der Waals surface area contributed by atoms with Crippen molar-refractivity contribution in [2.75, 3.05) is 0 Å². The van der Waals surface area contributed by atoms with E-state index in [1.165, 1.54) is 0 Å². The molecule has 1 aromatic heterocycles. The maximum Gasteiger partial charge on any atom is 0.124 e. The number of furan rings is 1. The number of halogens is 2. The summed E-state index contributed by atoms with van der Waals surface area (Å²) in [7, 11) is 0. The van der Waals surface area contributed by atoms with Gasteiger partial charge in [0.05, 0.1) is 12.8 Å². The molecule has 24 heavy (non-hydrogen) atoms. The summed E-state index contributed by atoms with van der Waals surface area (Å²) in [6.45, 7) is 1.73. The van der Waals surface area contributed by atoms with E-state index in [9.17, 15) is 0 Å². The average Bonchev–Trinajstić information content (AvgIpc) is 3.07. The number of benzene rings is 2. The number of hydrogen-bond donors (Lipinski definition) is 1. The lowest BCUT2D eigenvalue weighted by Gasteiger charge is -2.13. The Hall–Kier alpha value is -1.94. The largest absolute Gasteiger partial charge is 0.489 e. The summed E-state index contributed by atoms with van der Waals surface area (Å²) < 4.78 is 11.2. The molecule has 0 atom stereocenters. The van der Waals surface area contributed by atoms with Gasteiger partial charge in [-0.2, -0.15) is 0 Å². The highest BCUT2D eigenvalue weighted by Gasteiger charge is 2.06. The van der Waals surface area contributed by atoms with Crippen molar-refractivity contribution in [2.45, 2.75) is 19.7 Å². The Kier molecular flexibility index (Phi) is 5.81. The van der Waals surface area contributed by atoms with Crippen LogP contribution in [0.1, 0.15) is 16.9 Å². The summed E-state index contributed by atoms with van der Waals surface area (Å²) >= 11 is 12.1. The van der Waals surface area contributed by atoms with Crippen LogP contribution in [0.5, 0.6) is 5.75 Å². The molecule has 3 nitrogen and oxygen atoms in total. The molecular weight excluding hydrogens is 345 g/mol. The number of nitrogens with one attached hydrogen (secondary N) is 1. The fourth-order valence-electron chi connectivity index (χ4n) is 2.35. The Morgan fingerprint density at radius 3 is 2.58 bits per heavy atom. The lowest BCUT2D eigenvalue weighted by molar-refractivity contribution is 0.302. The molecule has 3 rings (SSSR count). The predicted molar refractivity (Wildman–Crippen MR) is 96.5 cm³/mol. The van der Waals surface area contributed by atoms with E-state index in [1.54, 1.807) is 6.26 Å². The molecule has 1 heterocycles. The van der Waals surface area contributed by atoms with Crippen LogP contribution in [0.15, 0.2) is 65.3 Å². The van der Waals surface area contributed by atoms with Crippen molar-refractivity contribution in [3.05, 3.63) is 87.8 Å². The molecule has 2 aromatic carbocycles. The van der Waals surface area contributed by atoms with E-state index >= 15 is 0 Å². The molecule has 0 radical (unpaired) electrons. The maximum atomic E-state index is 6.11. The van der Waals surface area contributed by atoms with Crippen molar-refractivity contribution >= 4 is 23.2 Å². The van der Waals surface area contributed by atoms with Gasteiger partial charge in [0.25, 0.3) is 0 Å². The fourth-order valence-corrected chi connectivity index (χ4v) is 2.76. The van der Waals surface area contributed by atoms with Crippen LogP contribution in [0, 0.1) is 0 Å². The van der Waals surface area contributed by atoms with Crippen LogP contribution in [0.2, 0.25) is 10.0 Å². The predicted octanol–water partition coefficient (Wildman–Crippen LogP) is 5.46. The van der Waals surface area contributed by atoms with Crippen molar-refractivity contribution in [2.24, 2.45) is 0 Å². The Morgan fingerprint density at radius 1 is 0.917 bits per heavy atom. The highest BCUT2D eigenvalue weighted by atomic mass is 35.5. The highest BCUT2D eigenvalue weighted by molar-refractivity contribution is 6.30. The molecule has 0 saturated heterocycles. The first-order chi connectivity index (χ1) is 11.7. The van der Waals surface area contributed by atoms with Crippen molar-refractivity contribution < 1.29 is 9.15 Å². The summed E-state index contributed by atoms with van der Waals surface area (Å²) in [4.78, 5) is 0. The van der Waals surface area contributed by atoms with E-state index in [2.05, 4.69) is 5.32 Å². The Labute approximate surface area is 151 Å². The van der Waals surface area contributed by atoms with Crippen molar-refractivity contribution in [1.29, 1.82) is 0 Å². The molecular formula is C19H17Cl2NO2. The van der Waals surface area contributed by atoms with Gasteiger partial charge < -0.3 is 14.5 Å². The average molecular weight is 362 g/mol. The summed E-state index contributed by atoms with van der Waals surface area (Å²) in [6, 6.07) is 17.1. The molecule has 124 valence electrons. The minimum Gasteiger partial charge on any atom is -0.489 e. The summed E-state index contributed by atoms with van der Waals surface area (Å²) in [5, 5.41) is 4.71. The van der Waals surface area contributed by atoms with Gasteiger partial charge in [-0.3, -0.25) is 0 Å². The molecule has 0 spiro atoms. The third-order valence-electron chi connectivity index (χ3n) is 3.50. The lowest BCUT2D eigenvalue weighted by Crippen LogP contribution is -2.13. The minimum atomic E-state index is 0.452. The fraction of sp³-hybridized carbons (Fsp3) is 0.158. The molecule has 0 aliphatic carbocycles. The van der Waals surface area contributed by atoms with Crippen LogP contribution in [0.4, 0.5) is 0 Å². The molecule has 1 N–H and O–H groups in total. The topological polar surface area (TPSA) is 34.4 Å². The standard InChI is InChI=1S/C19H17Cl2NO2/c20-16-4-1-3-14(9-16)13-24-19-7-6-17(21)10-15(19)11-22-12-18-5-2-8-23-18/h1-10,22H,11-13H2. The molecule has 0 unspecified atom stereocenters. The van der Waals surface area contributed by atoms with E-state index in [1.807, 2.05) is 54.6 Å². The first kappa shape index (κ1) is 16.9. The SMILES string of the molecule is Clc1cccc(COc2ccc(Cl)cc2CNCc2ccco2)c1. The minimum absolute atomic E-state index is 0.452. The van der Waals surface area contributed by atoms with Gasteiger partial charge in [-0.15, -0.1) is 0 Å². The van der Waals surface area contributed by atoms with E-state index in [0.717, 1.165) is 22.6 Å². The third-order valence-corrected chi connectivity index (χ3v) is 3.97. The second kappa shape index (κ2) is 8.25. The summed E-state index contributed by atoms with van der Waals surface area (Å²) in [6.07, 6.45) is 1.66. The number of rotatable bonds is 7. The van der Waals surface area contributed by atoms with Crippen LogP contribution in [0.25, 0.3) is 0 Å². The van der Waals surface area contributed by atoms with Crippen molar-refractivity contribution in [3.8, 4) is 5.75 Å². The normalized spacial score (nSPS) is 10.8. The van der Waals surface area contributed by atoms with Gasteiger partial charge in [0.1, 0.15) is 18.1 Å². The van der Waals surface area contributed by atoms with Gasteiger partial charge in [-0.25, -0.2) is 0 Å². The number of hydrogen-bond acceptors (Lipinski definition) is 3. The van der Waals surface area contributed by atoms with Gasteiger partial charge in [-0.05, 0) is 48.0 Å². The summed E-state index contributed by atoms with van der Waals surface area (Å²) in [5.41, 5.74) is 2.02. The zero-order valence-corrected chi connectivity index (χ0v) is 14.5. The van der Waals surface area contributed by atoms with Crippen LogP contribution >= 0.6 is 23.2 Å². The Bertz CT molecular complexity index is 788. The molecule has 3 aromatic rings. The van der Waals surface area contributed by atoms with Gasteiger partial charge in [0, 0.05) is 22.2 Å². The third kappa shape index (κ3) is 4.78. The van der Waals surface area contributed by atoms with Gasteiger partial charge >= 0.3 is 0 Å². The van der Waals surface area contributed by atoms with Gasteiger partial charge in [0.2, 0.25) is 0 Å². The van der Waals surface area contributed by atoms with Crippen molar-refractivity contribution in [3.63, 3.8) is 0 Å². The number of ether oxygens (including phenoxy) is 1. The molecule has 0 aliphatic rings. The van der Waals surface area contributed by atoms with Crippen LogP contribution < -0.4 is 10.1 Å². The van der Waals surface area contributed by atoms with Gasteiger partial charge in [-0.1, -0.05) is 35.3 Å². The van der Waals surface area contributed by atoms with E-state index in [0.29, 0.717) is 29.7 Å². The quantitative estimate of drug-likeness (QED) is 0.606. The van der Waals surface area contributed by atoms with Crippen LogP contribution in [-0.4, -0.2) is 0 Å². The van der Waals surface area contributed by atoms with E-state index < -0.39 is 0 Å². The second-order valence-electron chi connectivity index (χ2n) is 5.35. The lowest BCUT2D eigenvalue weighted by atomic mass is 10.2.